The molecular formula is C17H26N2O. The SMILES string of the molecule is CC(C)c1cccc2c1OCC(C)C2N1CCNCC1. The molecule has 20 heavy (non-hydrogen) atoms. The molecule has 1 aromatic rings. The Morgan fingerprint density at radius 1 is 1.25 bits per heavy atom. The molecule has 2 aliphatic rings. The number of rotatable bonds is 2. The molecule has 110 valence electrons. The third kappa shape index (κ3) is 2.45. The van der Waals surface area contributed by atoms with Crippen LogP contribution < -0.4 is 10.1 Å². The van der Waals surface area contributed by atoms with Gasteiger partial charge >= 0.3 is 0 Å². The molecule has 3 heteroatoms. The predicted octanol–water partition coefficient (Wildman–Crippen LogP) is 2.78. The van der Waals surface area contributed by atoms with Crippen LogP contribution in [-0.4, -0.2) is 37.7 Å². The first-order chi connectivity index (χ1) is 9.68. The largest absolute Gasteiger partial charge is 0.493 e. The summed E-state index contributed by atoms with van der Waals surface area (Å²) in [6.45, 7) is 12.1. The summed E-state index contributed by atoms with van der Waals surface area (Å²) >= 11 is 0. The maximum atomic E-state index is 6.11. The lowest BCUT2D eigenvalue weighted by Gasteiger charge is -2.42. The highest BCUT2D eigenvalue weighted by molar-refractivity contribution is 5.46. The Balaban J connectivity index is 1.98. The lowest BCUT2D eigenvalue weighted by molar-refractivity contribution is 0.0794. The van der Waals surface area contributed by atoms with E-state index < -0.39 is 0 Å². The summed E-state index contributed by atoms with van der Waals surface area (Å²) < 4.78 is 6.11. The van der Waals surface area contributed by atoms with Crippen molar-refractivity contribution in [2.75, 3.05) is 32.8 Å². The van der Waals surface area contributed by atoms with Crippen LogP contribution in [0.1, 0.15) is 43.9 Å². The van der Waals surface area contributed by atoms with Crippen LogP contribution in [0, 0.1) is 5.92 Å². The first-order valence-corrected chi connectivity index (χ1v) is 7.89. The molecule has 3 rings (SSSR count). The van der Waals surface area contributed by atoms with E-state index in [4.69, 9.17) is 4.74 Å². The van der Waals surface area contributed by atoms with Crippen LogP contribution in [0.4, 0.5) is 0 Å². The molecule has 2 aliphatic heterocycles. The van der Waals surface area contributed by atoms with Gasteiger partial charge in [-0.25, -0.2) is 0 Å². The van der Waals surface area contributed by atoms with Gasteiger partial charge in [-0.05, 0) is 11.5 Å². The van der Waals surface area contributed by atoms with Crippen LogP contribution in [0.25, 0.3) is 0 Å². The fourth-order valence-corrected chi connectivity index (χ4v) is 3.56. The summed E-state index contributed by atoms with van der Waals surface area (Å²) in [4.78, 5) is 2.63. The molecule has 0 saturated carbocycles. The number of ether oxygens (including phenoxy) is 1. The molecule has 1 saturated heterocycles. The number of hydrogen-bond acceptors (Lipinski definition) is 3. The molecule has 0 aliphatic carbocycles. The Bertz CT molecular complexity index is 466. The van der Waals surface area contributed by atoms with Crippen molar-refractivity contribution >= 4 is 0 Å². The van der Waals surface area contributed by atoms with E-state index in [-0.39, 0.29) is 0 Å². The first kappa shape index (κ1) is 13.9. The molecule has 0 spiro atoms. The van der Waals surface area contributed by atoms with E-state index in [1.54, 1.807) is 0 Å². The van der Waals surface area contributed by atoms with Gasteiger partial charge in [0.1, 0.15) is 5.75 Å². The minimum absolute atomic E-state index is 0.513. The Morgan fingerprint density at radius 3 is 2.70 bits per heavy atom. The first-order valence-electron chi connectivity index (χ1n) is 7.89. The summed E-state index contributed by atoms with van der Waals surface area (Å²) in [5, 5.41) is 3.45. The van der Waals surface area contributed by atoms with Crippen LogP contribution in [0.2, 0.25) is 0 Å². The number of fused-ring (bicyclic) bond motifs is 1. The molecule has 2 atom stereocenters. The summed E-state index contributed by atoms with van der Waals surface area (Å²) in [7, 11) is 0. The predicted molar refractivity (Wildman–Crippen MR) is 82.4 cm³/mol. The van der Waals surface area contributed by atoms with Gasteiger partial charge in [0.15, 0.2) is 0 Å². The van der Waals surface area contributed by atoms with Gasteiger partial charge < -0.3 is 10.1 Å². The van der Waals surface area contributed by atoms with Crippen LogP contribution in [0.5, 0.6) is 5.75 Å². The Hall–Kier alpha value is -1.06. The zero-order chi connectivity index (χ0) is 14.1. The normalized spacial score (nSPS) is 27.2. The molecule has 0 amide bonds. The van der Waals surface area contributed by atoms with Crippen molar-refractivity contribution in [2.24, 2.45) is 5.92 Å². The second-order valence-electron chi connectivity index (χ2n) is 6.44. The van der Waals surface area contributed by atoms with Gasteiger partial charge in [0.25, 0.3) is 0 Å². The van der Waals surface area contributed by atoms with Gasteiger partial charge in [-0.2, -0.15) is 0 Å². The van der Waals surface area contributed by atoms with E-state index in [0.29, 0.717) is 17.9 Å². The van der Waals surface area contributed by atoms with Gasteiger partial charge in [0.2, 0.25) is 0 Å². The van der Waals surface area contributed by atoms with E-state index in [9.17, 15) is 0 Å². The third-order valence-corrected chi connectivity index (χ3v) is 4.59. The van der Waals surface area contributed by atoms with Crippen LogP contribution in [0.3, 0.4) is 0 Å². The van der Waals surface area contributed by atoms with Crippen molar-refractivity contribution in [1.82, 2.24) is 10.2 Å². The van der Waals surface area contributed by atoms with Crippen molar-refractivity contribution in [1.29, 1.82) is 0 Å². The zero-order valence-corrected chi connectivity index (χ0v) is 12.9. The maximum absolute atomic E-state index is 6.11. The summed E-state index contributed by atoms with van der Waals surface area (Å²) in [6.07, 6.45) is 0. The van der Waals surface area contributed by atoms with E-state index in [1.165, 1.54) is 11.1 Å². The van der Waals surface area contributed by atoms with Gasteiger partial charge in [0.05, 0.1) is 6.61 Å². The molecule has 1 aromatic carbocycles. The monoisotopic (exact) mass is 274 g/mol. The van der Waals surface area contributed by atoms with Crippen molar-refractivity contribution in [3.63, 3.8) is 0 Å². The molecule has 0 radical (unpaired) electrons. The number of benzene rings is 1. The van der Waals surface area contributed by atoms with Gasteiger partial charge in [0, 0.05) is 43.7 Å². The average molecular weight is 274 g/mol. The number of para-hydroxylation sites is 1. The van der Waals surface area contributed by atoms with Gasteiger partial charge in [-0.3, -0.25) is 4.90 Å². The highest BCUT2D eigenvalue weighted by Crippen LogP contribution is 2.43. The van der Waals surface area contributed by atoms with E-state index in [0.717, 1.165) is 38.5 Å². The fourth-order valence-electron chi connectivity index (χ4n) is 3.56. The Labute approximate surface area is 122 Å². The lowest BCUT2D eigenvalue weighted by atomic mass is 9.87. The highest BCUT2D eigenvalue weighted by Gasteiger charge is 2.34. The third-order valence-electron chi connectivity index (χ3n) is 4.59. The van der Waals surface area contributed by atoms with Crippen molar-refractivity contribution in [3.8, 4) is 5.75 Å². The molecule has 0 bridgehead atoms. The van der Waals surface area contributed by atoms with Gasteiger partial charge in [-0.1, -0.05) is 39.0 Å². The molecule has 2 heterocycles. The van der Waals surface area contributed by atoms with Crippen LogP contribution >= 0.6 is 0 Å². The molecule has 0 aromatic heterocycles. The summed E-state index contributed by atoms with van der Waals surface area (Å²) in [5.74, 6) is 2.23. The Kier molecular flexibility index (Phi) is 3.99. The number of piperazine rings is 1. The lowest BCUT2D eigenvalue weighted by Crippen LogP contribution is -2.48. The van der Waals surface area contributed by atoms with Crippen molar-refractivity contribution in [2.45, 2.75) is 32.7 Å². The number of nitrogens with one attached hydrogen (secondary N) is 1. The van der Waals surface area contributed by atoms with Crippen molar-refractivity contribution in [3.05, 3.63) is 29.3 Å². The molecular weight excluding hydrogens is 248 g/mol. The Morgan fingerprint density at radius 2 is 2.00 bits per heavy atom. The van der Waals surface area contributed by atoms with Crippen LogP contribution in [-0.2, 0) is 0 Å². The minimum atomic E-state index is 0.513. The summed E-state index contributed by atoms with van der Waals surface area (Å²) in [5.41, 5.74) is 2.76. The molecule has 1 fully saturated rings. The molecule has 2 unspecified atom stereocenters. The minimum Gasteiger partial charge on any atom is -0.493 e. The second-order valence-corrected chi connectivity index (χ2v) is 6.44. The smallest absolute Gasteiger partial charge is 0.127 e. The van der Waals surface area contributed by atoms with Crippen molar-refractivity contribution < 1.29 is 4.74 Å². The zero-order valence-electron chi connectivity index (χ0n) is 12.9. The quantitative estimate of drug-likeness (QED) is 0.897. The summed E-state index contributed by atoms with van der Waals surface area (Å²) in [6, 6.07) is 7.20. The molecule has 3 nitrogen and oxygen atoms in total. The topological polar surface area (TPSA) is 24.5 Å². The molecule has 1 N–H and O–H groups in total. The standard InChI is InChI=1S/C17H26N2O/c1-12(2)14-5-4-6-15-16(13(3)11-20-17(14)15)19-9-7-18-8-10-19/h4-6,12-13,16,18H,7-11H2,1-3H3. The number of nitrogens with zero attached hydrogens (tertiary/aromatic N) is 1. The number of hydrogen-bond donors (Lipinski definition) is 1. The fraction of sp³-hybridized carbons (Fsp3) is 0.647. The highest BCUT2D eigenvalue weighted by atomic mass is 16.5. The average Bonchev–Trinajstić information content (AvgIpc) is 2.47. The van der Waals surface area contributed by atoms with Crippen LogP contribution in [0.15, 0.2) is 18.2 Å². The van der Waals surface area contributed by atoms with E-state index >= 15 is 0 Å². The maximum Gasteiger partial charge on any atom is 0.127 e. The van der Waals surface area contributed by atoms with E-state index in [1.807, 2.05) is 0 Å². The second kappa shape index (κ2) is 5.74. The van der Waals surface area contributed by atoms with E-state index in [2.05, 4.69) is 49.2 Å². The van der Waals surface area contributed by atoms with Gasteiger partial charge in [-0.15, -0.1) is 0 Å².